The second kappa shape index (κ2) is 7.69. The number of benzene rings is 2. The van der Waals surface area contributed by atoms with Gasteiger partial charge >= 0.3 is 11.9 Å². The van der Waals surface area contributed by atoms with Gasteiger partial charge in [-0.2, -0.15) is 0 Å². The fraction of sp³-hybridized carbons (Fsp3) is 0.176. The average molecular weight is 332 g/mol. The monoisotopic (exact) mass is 332 g/mol. The van der Waals surface area contributed by atoms with Crippen LogP contribution in [0.2, 0.25) is 0 Å². The Labute approximate surface area is 138 Å². The van der Waals surface area contributed by atoms with Crippen molar-refractivity contribution in [2.45, 2.75) is 16.2 Å². The van der Waals surface area contributed by atoms with E-state index >= 15 is 0 Å². The summed E-state index contributed by atoms with van der Waals surface area (Å²) < 4.78 is 9.91. The van der Waals surface area contributed by atoms with Gasteiger partial charge in [0.2, 0.25) is 0 Å². The first-order chi connectivity index (χ1) is 11.0. The molecule has 0 fully saturated rings. The molecule has 2 aromatic rings. The Kier molecular flexibility index (Phi) is 5.65. The number of hydrogen-bond donors (Lipinski definition) is 1. The molecule has 0 aliphatic heterocycles. The van der Waals surface area contributed by atoms with Crippen molar-refractivity contribution in [2.24, 2.45) is 0 Å². The molecule has 0 radical (unpaired) electrons. The lowest BCUT2D eigenvalue weighted by atomic mass is 10.2. The number of carbonyl (C=O) groups is 2. The van der Waals surface area contributed by atoms with Gasteiger partial charge in [-0.05, 0) is 35.9 Å². The highest BCUT2D eigenvalue weighted by Gasteiger charge is 2.14. The molecule has 0 aromatic heterocycles. The van der Waals surface area contributed by atoms with Crippen molar-refractivity contribution >= 4 is 23.7 Å². The van der Waals surface area contributed by atoms with Crippen molar-refractivity contribution < 1.29 is 24.2 Å². The summed E-state index contributed by atoms with van der Waals surface area (Å²) in [5, 5.41) is 8.77. The van der Waals surface area contributed by atoms with Gasteiger partial charge < -0.3 is 14.6 Å². The number of hydrogen-bond acceptors (Lipinski definition) is 5. The van der Waals surface area contributed by atoms with E-state index in [2.05, 4.69) is 0 Å². The molecule has 0 bridgehead atoms. The first-order valence-corrected chi connectivity index (χ1v) is 7.60. The van der Waals surface area contributed by atoms with Crippen LogP contribution in [0.5, 0.6) is 5.75 Å². The molecule has 0 saturated heterocycles. The lowest BCUT2D eigenvalue weighted by Gasteiger charge is -2.09. The summed E-state index contributed by atoms with van der Waals surface area (Å²) in [4.78, 5) is 24.3. The summed E-state index contributed by atoms with van der Waals surface area (Å²) in [6, 6.07) is 12.5. The highest BCUT2D eigenvalue weighted by molar-refractivity contribution is 7.99. The molecular weight excluding hydrogens is 316 g/mol. The molecule has 120 valence electrons. The van der Waals surface area contributed by atoms with Crippen molar-refractivity contribution in [3.8, 4) is 5.75 Å². The molecule has 0 aliphatic carbocycles. The second-order valence-corrected chi connectivity index (χ2v) is 5.82. The molecule has 0 amide bonds. The smallest absolute Gasteiger partial charge is 0.341 e. The quantitative estimate of drug-likeness (QED) is 0.819. The van der Waals surface area contributed by atoms with E-state index in [1.165, 1.54) is 26.0 Å². The number of rotatable bonds is 6. The zero-order chi connectivity index (χ0) is 16.8. The standard InChI is InChI=1S/C17H16O5S/c1-21-15-8-7-13(10-14(15)17(20)22-2)23-12-5-3-11(4-6-12)9-16(18)19/h3-8,10H,9H2,1-2H3,(H,18,19). The Hall–Kier alpha value is -2.47. The third kappa shape index (κ3) is 4.50. The van der Waals surface area contributed by atoms with Crippen LogP contribution in [0.3, 0.4) is 0 Å². The van der Waals surface area contributed by atoms with Crippen LogP contribution in [0.25, 0.3) is 0 Å². The second-order valence-electron chi connectivity index (χ2n) is 4.67. The van der Waals surface area contributed by atoms with E-state index in [1.807, 2.05) is 18.2 Å². The SMILES string of the molecule is COC(=O)c1cc(Sc2ccc(CC(=O)O)cc2)ccc1OC. The van der Waals surface area contributed by atoms with Crippen LogP contribution in [0.4, 0.5) is 0 Å². The van der Waals surface area contributed by atoms with Crippen LogP contribution in [0.15, 0.2) is 52.3 Å². The predicted molar refractivity (Wildman–Crippen MR) is 86.2 cm³/mol. The van der Waals surface area contributed by atoms with Crippen LogP contribution in [0, 0.1) is 0 Å². The molecule has 0 saturated carbocycles. The van der Waals surface area contributed by atoms with Gasteiger partial charge in [-0.1, -0.05) is 23.9 Å². The molecule has 23 heavy (non-hydrogen) atoms. The molecule has 0 heterocycles. The van der Waals surface area contributed by atoms with E-state index < -0.39 is 11.9 Å². The first kappa shape index (κ1) is 16.9. The third-order valence-electron chi connectivity index (χ3n) is 3.09. The molecule has 0 unspecified atom stereocenters. The molecule has 0 spiro atoms. The van der Waals surface area contributed by atoms with Gasteiger partial charge in [-0.3, -0.25) is 4.79 Å². The summed E-state index contributed by atoms with van der Waals surface area (Å²) in [5.41, 5.74) is 1.11. The van der Waals surface area contributed by atoms with Gasteiger partial charge in [0.15, 0.2) is 0 Å². The van der Waals surface area contributed by atoms with Gasteiger partial charge in [0.1, 0.15) is 11.3 Å². The zero-order valence-corrected chi connectivity index (χ0v) is 13.6. The largest absolute Gasteiger partial charge is 0.496 e. The van der Waals surface area contributed by atoms with Crippen molar-refractivity contribution in [1.82, 2.24) is 0 Å². The fourth-order valence-corrected chi connectivity index (χ4v) is 2.86. The lowest BCUT2D eigenvalue weighted by Crippen LogP contribution is -2.04. The Morgan fingerprint density at radius 3 is 2.26 bits per heavy atom. The maximum absolute atomic E-state index is 11.8. The van der Waals surface area contributed by atoms with E-state index in [0.717, 1.165) is 15.4 Å². The highest BCUT2D eigenvalue weighted by atomic mass is 32.2. The van der Waals surface area contributed by atoms with Crippen molar-refractivity contribution in [2.75, 3.05) is 14.2 Å². The fourth-order valence-electron chi connectivity index (χ4n) is 2.01. The number of carboxylic acids is 1. The van der Waals surface area contributed by atoms with Crippen molar-refractivity contribution in [3.63, 3.8) is 0 Å². The molecule has 0 atom stereocenters. The normalized spacial score (nSPS) is 10.2. The Balaban J connectivity index is 2.19. The summed E-state index contributed by atoms with van der Waals surface area (Å²) in [5.74, 6) is -0.859. The average Bonchev–Trinajstić information content (AvgIpc) is 2.55. The minimum Gasteiger partial charge on any atom is -0.496 e. The number of methoxy groups -OCH3 is 2. The minimum atomic E-state index is -0.858. The Bertz CT molecular complexity index is 709. The molecule has 0 aliphatic rings. The predicted octanol–water partition coefficient (Wildman–Crippen LogP) is 3.26. The van der Waals surface area contributed by atoms with Crippen LogP contribution in [0.1, 0.15) is 15.9 Å². The van der Waals surface area contributed by atoms with Crippen LogP contribution < -0.4 is 4.74 Å². The maximum Gasteiger partial charge on any atom is 0.341 e. The van der Waals surface area contributed by atoms with Gasteiger partial charge in [0, 0.05) is 9.79 Å². The Morgan fingerprint density at radius 2 is 1.70 bits per heavy atom. The van der Waals surface area contributed by atoms with E-state index in [-0.39, 0.29) is 6.42 Å². The molecule has 2 rings (SSSR count). The number of ether oxygens (including phenoxy) is 2. The molecule has 1 N–H and O–H groups in total. The third-order valence-corrected chi connectivity index (χ3v) is 4.09. The van der Waals surface area contributed by atoms with Crippen molar-refractivity contribution in [1.29, 1.82) is 0 Å². The van der Waals surface area contributed by atoms with Crippen molar-refractivity contribution in [3.05, 3.63) is 53.6 Å². The van der Waals surface area contributed by atoms with Crippen LogP contribution in [-0.2, 0) is 16.0 Å². The first-order valence-electron chi connectivity index (χ1n) is 6.78. The van der Waals surface area contributed by atoms with Gasteiger partial charge in [-0.25, -0.2) is 4.79 Å². The van der Waals surface area contributed by atoms with Gasteiger partial charge in [-0.15, -0.1) is 0 Å². The molecule has 5 nitrogen and oxygen atoms in total. The molecular formula is C17H16O5S. The summed E-state index contributed by atoms with van der Waals surface area (Å²) >= 11 is 1.47. The topological polar surface area (TPSA) is 72.8 Å². The highest BCUT2D eigenvalue weighted by Crippen LogP contribution is 2.31. The van der Waals surface area contributed by atoms with Gasteiger partial charge in [0.25, 0.3) is 0 Å². The van der Waals surface area contributed by atoms with E-state index in [4.69, 9.17) is 14.6 Å². The van der Waals surface area contributed by atoms with E-state index in [9.17, 15) is 9.59 Å². The number of carbonyl (C=O) groups excluding carboxylic acids is 1. The van der Waals surface area contributed by atoms with E-state index in [1.54, 1.807) is 24.3 Å². The Morgan fingerprint density at radius 1 is 1.04 bits per heavy atom. The van der Waals surface area contributed by atoms with Crippen LogP contribution >= 0.6 is 11.8 Å². The number of esters is 1. The molecule has 6 heteroatoms. The molecule has 2 aromatic carbocycles. The summed E-state index contributed by atoms with van der Waals surface area (Å²) in [6.07, 6.45) is -0.0000285. The van der Waals surface area contributed by atoms with E-state index in [0.29, 0.717) is 11.3 Å². The van der Waals surface area contributed by atoms with Crippen LogP contribution in [-0.4, -0.2) is 31.3 Å². The lowest BCUT2D eigenvalue weighted by molar-refractivity contribution is -0.136. The number of aliphatic carboxylic acids is 1. The summed E-state index contributed by atoms with van der Waals surface area (Å²) in [7, 11) is 2.82. The summed E-state index contributed by atoms with van der Waals surface area (Å²) in [6.45, 7) is 0. The number of carboxylic acid groups (broad SMARTS) is 1. The maximum atomic E-state index is 11.8. The minimum absolute atomic E-state index is 0.0000285. The zero-order valence-electron chi connectivity index (χ0n) is 12.7. The van der Waals surface area contributed by atoms with Gasteiger partial charge in [0.05, 0.1) is 20.6 Å².